The molecule has 5 nitrogen and oxygen atoms in total. The lowest BCUT2D eigenvalue weighted by atomic mass is 10.2. The molecule has 0 saturated heterocycles. The Morgan fingerprint density at radius 2 is 1.50 bits per heavy atom. The van der Waals surface area contributed by atoms with Gasteiger partial charge in [0.25, 0.3) is 10.1 Å². The second kappa shape index (κ2) is 8.61. The predicted octanol–water partition coefficient (Wildman–Crippen LogP) is 3.90. The van der Waals surface area contributed by atoms with Crippen LogP contribution in [-0.4, -0.2) is 45.7 Å². The Balaban J connectivity index is 3.01. The van der Waals surface area contributed by atoms with Crippen LogP contribution < -0.4 is 0 Å². The van der Waals surface area contributed by atoms with Gasteiger partial charge in [0.05, 0.1) is 30.9 Å². The number of hydrogen-bond acceptors (Lipinski definition) is 5. The average Bonchev–Trinajstić information content (AvgIpc) is 2.50. The van der Waals surface area contributed by atoms with E-state index in [-0.39, 0.29) is 29.4 Å². The lowest BCUT2D eigenvalue weighted by molar-refractivity contribution is 0.174. The fourth-order valence-corrected chi connectivity index (χ4v) is 7.47. The molecule has 0 N–H and O–H groups in total. The molecule has 0 heterocycles. The van der Waals surface area contributed by atoms with Crippen LogP contribution in [0.25, 0.3) is 0 Å². The van der Waals surface area contributed by atoms with Gasteiger partial charge in [-0.1, -0.05) is 45.4 Å². The quantitative estimate of drug-likeness (QED) is 0.483. The Morgan fingerprint density at radius 3 is 1.92 bits per heavy atom. The van der Waals surface area contributed by atoms with E-state index in [9.17, 15) is 13.0 Å². The maximum absolute atomic E-state index is 13.4. The van der Waals surface area contributed by atoms with E-state index < -0.39 is 22.9 Å². The molecule has 0 radical (unpaired) electrons. The molecular weight excluding hydrogens is 347 g/mol. The molecule has 0 aliphatic carbocycles. The van der Waals surface area contributed by atoms with Crippen LogP contribution in [0, 0.1) is 6.92 Å². The van der Waals surface area contributed by atoms with Gasteiger partial charge < -0.3 is 9.30 Å². The van der Waals surface area contributed by atoms with Crippen LogP contribution in [0.4, 0.5) is 0 Å². The van der Waals surface area contributed by atoms with Gasteiger partial charge in [0.1, 0.15) is 0 Å². The summed E-state index contributed by atoms with van der Waals surface area (Å²) >= 11 is 0. The molecule has 0 aliphatic rings. The zero-order valence-electron chi connectivity index (χ0n) is 15.4. The molecule has 138 valence electrons. The molecule has 0 amide bonds. The van der Waals surface area contributed by atoms with Crippen molar-refractivity contribution >= 4 is 17.3 Å². The van der Waals surface area contributed by atoms with Crippen molar-refractivity contribution in [3.63, 3.8) is 0 Å². The zero-order valence-corrected chi connectivity index (χ0v) is 17.1. The smallest absolute Gasteiger partial charge is 0.296 e. The molecular formula is C17H29O5PS. The number of aryl methyl sites for hydroxylation is 1. The van der Waals surface area contributed by atoms with E-state index in [1.165, 1.54) is 19.2 Å². The van der Waals surface area contributed by atoms with E-state index in [1.54, 1.807) is 12.1 Å². The third-order valence-corrected chi connectivity index (χ3v) is 10.2. The Bertz CT molecular complexity index is 653. The summed E-state index contributed by atoms with van der Waals surface area (Å²) < 4.78 is 48.6. The lowest BCUT2D eigenvalue weighted by Gasteiger charge is -2.33. The fraction of sp³-hybridized carbons (Fsp3) is 0.647. The molecule has 1 aromatic carbocycles. The molecule has 1 aromatic rings. The van der Waals surface area contributed by atoms with E-state index in [0.717, 1.165) is 5.56 Å². The second-order valence-corrected chi connectivity index (χ2v) is 12.5. The average molecular weight is 376 g/mol. The second-order valence-electron chi connectivity index (χ2n) is 6.61. The van der Waals surface area contributed by atoms with Crippen LogP contribution in [-0.2, 0) is 23.6 Å². The number of rotatable bonds is 9. The lowest BCUT2D eigenvalue weighted by Crippen LogP contribution is -2.30. The van der Waals surface area contributed by atoms with Crippen molar-refractivity contribution in [2.24, 2.45) is 0 Å². The highest BCUT2D eigenvalue weighted by molar-refractivity contribution is 7.86. The van der Waals surface area contributed by atoms with E-state index in [4.69, 9.17) is 8.92 Å². The van der Waals surface area contributed by atoms with Gasteiger partial charge in [0.15, 0.2) is 0 Å². The van der Waals surface area contributed by atoms with Crippen LogP contribution in [0.3, 0.4) is 0 Å². The molecule has 0 spiro atoms. The third kappa shape index (κ3) is 4.92. The number of benzene rings is 1. The largest absolute Gasteiger partial charge is 0.384 e. The summed E-state index contributed by atoms with van der Waals surface area (Å²) in [7, 11) is -5.05. The number of ether oxygens (including phenoxy) is 1. The molecule has 1 rings (SSSR count). The monoisotopic (exact) mass is 376 g/mol. The van der Waals surface area contributed by atoms with Gasteiger partial charge in [-0.15, -0.1) is 0 Å². The number of methoxy groups -OCH3 is 1. The van der Waals surface area contributed by atoms with Crippen molar-refractivity contribution in [2.45, 2.75) is 56.5 Å². The maximum atomic E-state index is 13.4. The minimum Gasteiger partial charge on any atom is -0.384 e. The first-order valence-electron chi connectivity index (χ1n) is 8.09. The summed E-state index contributed by atoms with van der Waals surface area (Å²) in [5.74, 6) is 0. The van der Waals surface area contributed by atoms with E-state index in [0.29, 0.717) is 0 Å². The topological polar surface area (TPSA) is 69.7 Å². The van der Waals surface area contributed by atoms with Gasteiger partial charge in [-0.2, -0.15) is 8.42 Å². The van der Waals surface area contributed by atoms with E-state index >= 15 is 0 Å². The van der Waals surface area contributed by atoms with Crippen molar-refractivity contribution in [2.75, 3.05) is 20.3 Å². The fourth-order valence-electron chi connectivity index (χ4n) is 2.85. The van der Waals surface area contributed by atoms with Crippen LogP contribution >= 0.6 is 7.14 Å². The molecule has 24 heavy (non-hydrogen) atoms. The summed E-state index contributed by atoms with van der Waals surface area (Å²) in [6.45, 7) is 9.55. The molecule has 0 aliphatic heterocycles. The van der Waals surface area contributed by atoms with Crippen molar-refractivity contribution in [3.8, 4) is 0 Å². The summed E-state index contributed by atoms with van der Waals surface area (Å²) in [6, 6.07) is 6.47. The van der Waals surface area contributed by atoms with Crippen LogP contribution in [0.15, 0.2) is 29.2 Å². The molecule has 0 fully saturated rings. The third-order valence-electron chi connectivity index (χ3n) is 4.27. The molecule has 0 bridgehead atoms. The highest BCUT2D eigenvalue weighted by Crippen LogP contribution is 2.59. The minimum atomic E-state index is -3.88. The van der Waals surface area contributed by atoms with E-state index in [1.807, 2.05) is 34.6 Å². The highest BCUT2D eigenvalue weighted by atomic mass is 32.2. The Hall–Kier alpha value is -0.680. The van der Waals surface area contributed by atoms with Gasteiger partial charge in [-0.25, -0.2) is 0 Å². The van der Waals surface area contributed by atoms with Crippen LogP contribution in [0.2, 0.25) is 0 Å². The summed E-state index contributed by atoms with van der Waals surface area (Å²) in [6.07, 6.45) is 0. The van der Waals surface area contributed by atoms with Crippen molar-refractivity contribution in [1.29, 1.82) is 0 Å². The maximum Gasteiger partial charge on any atom is 0.296 e. The van der Waals surface area contributed by atoms with Crippen molar-refractivity contribution in [3.05, 3.63) is 29.8 Å². The summed E-state index contributed by atoms with van der Waals surface area (Å²) in [5, 5.41) is 0. The highest BCUT2D eigenvalue weighted by Gasteiger charge is 2.40. The Labute approximate surface area is 146 Å². The molecule has 1 atom stereocenters. The van der Waals surface area contributed by atoms with Crippen LogP contribution in [0.1, 0.15) is 33.3 Å². The van der Waals surface area contributed by atoms with Gasteiger partial charge in [-0.3, -0.25) is 4.18 Å². The molecule has 7 heteroatoms. The van der Waals surface area contributed by atoms with Gasteiger partial charge in [0, 0.05) is 18.4 Å². The first-order chi connectivity index (χ1) is 11.1. The molecule has 0 unspecified atom stereocenters. The van der Waals surface area contributed by atoms with Crippen molar-refractivity contribution in [1.82, 2.24) is 0 Å². The van der Waals surface area contributed by atoms with E-state index in [2.05, 4.69) is 0 Å². The van der Waals surface area contributed by atoms with Gasteiger partial charge in [0.2, 0.25) is 0 Å². The van der Waals surface area contributed by atoms with Crippen molar-refractivity contribution < 1.29 is 21.9 Å². The summed E-state index contributed by atoms with van der Waals surface area (Å²) in [5.41, 5.74) is 0.379. The molecule has 0 aromatic heterocycles. The minimum absolute atomic E-state index is 0.0664. The van der Waals surface area contributed by atoms with Gasteiger partial charge in [-0.05, 0) is 19.1 Å². The van der Waals surface area contributed by atoms with Crippen LogP contribution in [0.5, 0.6) is 0 Å². The first kappa shape index (κ1) is 21.4. The SMILES string of the molecule is COC[C@H](COS(=O)(=O)c1ccc(C)cc1)P(=O)(C(C)C)C(C)C. The number of hydrogen-bond donors (Lipinski definition) is 0. The first-order valence-corrected chi connectivity index (χ1v) is 11.4. The standard InChI is InChI=1S/C17H29O5PS/c1-13(2)23(18,14(3)4)16(11-21-6)12-22-24(19,20)17-9-7-15(5)8-10-17/h7-10,13-14,16H,11-12H2,1-6H3/t16-/m1/s1. The predicted molar refractivity (Wildman–Crippen MR) is 97.9 cm³/mol. The summed E-state index contributed by atoms with van der Waals surface area (Å²) in [4.78, 5) is 0.105. The normalized spacial score (nSPS) is 14.3. The van der Waals surface area contributed by atoms with Gasteiger partial charge >= 0.3 is 0 Å². The molecule has 0 saturated carbocycles. The Morgan fingerprint density at radius 1 is 1.00 bits per heavy atom. The Kier molecular flexibility index (Phi) is 7.67. The zero-order chi connectivity index (χ0) is 18.5.